The molecule has 1 N–H and O–H groups in total. The molecule has 1 unspecified atom stereocenters. The lowest BCUT2D eigenvalue weighted by Crippen LogP contribution is -2.19. The number of rotatable bonds is 8. The molecule has 0 saturated heterocycles. The summed E-state index contributed by atoms with van der Waals surface area (Å²) >= 11 is 0. The zero-order valence-corrected chi connectivity index (χ0v) is 12.5. The molecular weight excluding hydrogens is 234 g/mol. The Morgan fingerprint density at radius 2 is 2.11 bits per heavy atom. The average Bonchev–Trinajstić information content (AvgIpc) is 3.20. The van der Waals surface area contributed by atoms with E-state index in [4.69, 9.17) is 4.74 Å². The third-order valence-corrected chi connectivity index (χ3v) is 3.99. The van der Waals surface area contributed by atoms with Crippen LogP contribution in [0, 0.1) is 12.8 Å². The van der Waals surface area contributed by atoms with Crippen LogP contribution < -0.4 is 10.1 Å². The molecule has 0 aromatic heterocycles. The first-order valence-electron chi connectivity index (χ1n) is 7.56. The molecule has 1 aromatic rings. The molecular formula is C17H27NO. The Morgan fingerprint density at radius 3 is 2.79 bits per heavy atom. The van der Waals surface area contributed by atoms with Crippen molar-refractivity contribution in [3.63, 3.8) is 0 Å². The highest BCUT2D eigenvalue weighted by Gasteiger charge is 2.19. The van der Waals surface area contributed by atoms with Crippen LogP contribution in [-0.4, -0.2) is 19.7 Å². The molecule has 0 radical (unpaired) electrons. The summed E-state index contributed by atoms with van der Waals surface area (Å²) in [6, 6.07) is 7.30. The van der Waals surface area contributed by atoms with Gasteiger partial charge in [0.2, 0.25) is 0 Å². The van der Waals surface area contributed by atoms with Crippen LogP contribution in [0.4, 0.5) is 0 Å². The maximum absolute atomic E-state index is 5.44. The summed E-state index contributed by atoms with van der Waals surface area (Å²) in [7, 11) is 1.76. The van der Waals surface area contributed by atoms with Crippen molar-refractivity contribution in [2.75, 3.05) is 13.7 Å². The van der Waals surface area contributed by atoms with Crippen LogP contribution in [0.25, 0.3) is 0 Å². The molecule has 1 saturated carbocycles. The number of hydrogen-bond donors (Lipinski definition) is 1. The summed E-state index contributed by atoms with van der Waals surface area (Å²) in [4.78, 5) is 0. The van der Waals surface area contributed by atoms with Gasteiger partial charge in [-0.05, 0) is 63.1 Å². The normalized spacial score (nSPS) is 16.4. The van der Waals surface area contributed by atoms with Crippen LogP contribution in [0.1, 0.15) is 43.7 Å². The summed E-state index contributed by atoms with van der Waals surface area (Å²) in [5.41, 5.74) is 2.67. The van der Waals surface area contributed by atoms with E-state index in [2.05, 4.69) is 37.4 Å². The second kappa shape index (κ2) is 6.95. The number of hydrogen-bond acceptors (Lipinski definition) is 2. The predicted molar refractivity (Wildman–Crippen MR) is 80.9 cm³/mol. The summed E-state index contributed by atoms with van der Waals surface area (Å²) < 4.78 is 5.44. The van der Waals surface area contributed by atoms with Gasteiger partial charge in [0, 0.05) is 6.04 Å². The maximum atomic E-state index is 5.44. The smallest absolute Gasteiger partial charge is 0.122 e. The molecule has 1 aliphatic carbocycles. The highest BCUT2D eigenvalue weighted by molar-refractivity contribution is 5.36. The molecule has 0 bridgehead atoms. The van der Waals surface area contributed by atoms with Gasteiger partial charge in [0.05, 0.1) is 7.11 Å². The van der Waals surface area contributed by atoms with Gasteiger partial charge in [-0.25, -0.2) is 0 Å². The fourth-order valence-corrected chi connectivity index (χ4v) is 2.47. The van der Waals surface area contributed by atoms with Crippen LogP contribution in [0.15, 0.2) is 18.2 Å². The van der Waals surface area contributed by atoms with Gasteiger partial charge in [0.1, 0.15) is 5.75 Å². The van der Waals surface area contributed by atoms with Gasteiger partial charge in [-0.3, -0.25) is 0 Å². The number of methoxy groups -OCH3 is 1. The highest BCUT2D eigenvalue weighted by atomic mass is 16.5. The van der Waals surface area contributed by atoms with Crippen molar-refractivity contribution in [2.45, 2.75) is 52.0 Å². The Bertz CT molecular complexity index is 398. The minimum Gasteiger partial charge on any atom is -0.496 e. The van der Waals surface area contributed by atoms with E-state index in [0.29, 0.717) is 0 Å². The number of nitrogens with one attached hydrogen (secondary N) is 1. The molecule has 0 heterocycles. The Hall–Kier alpha value is -1.02. The summed E-state index contributed by atoms with van der Waals surface area (Å²) in [6.07, 6.45) is 6.41. The van der Waals surface area contributed by atoms with Gasteiger partial charge >= 0.3 is 0 Å². The monoisotopic (exact) mass is 261 g/mol. The Kier molecular flexibility index (Phi) is 5.26. The number of benzene rings is 1. The molecule has 1 fully saturated rings. The standard InChI is InChI=1S/C17H27NO/c1-13(10-11-18-16-7-8-16)4-6-15-12-14(2)5-9-17(15)19-3/h5,9,12-13,16,18H,4,6-8,10-11H2,1-3H3. The molecule has 0 aliphatic heterocycles. The van der Waals surface area contributed by atoms with E-state index in [9.17, 15) is 0 Å². The van der Waals surface area contributed by atoms with Crippen LogP contribution >= 0.6 is 0 Å². The molecule has 19 heavy (non-hydrogen) atoms. The van der Waals surface area contributed by atoms with Crippen LogP contribution in [0.5, 0.6) is 5.75 Å². The van der Waals surface area contributed by atoms with Crippen molar-refractivity contribution in [3.8, 4) is 5.75 Å². The summed E-state index contributed by atoms with van der Waals surface area (Å²) in [5.74, 6) is 1.81. The Labute approximate surface area is 117 Å². The third-order valence-electron chi connectivity index (χ3n) is 3.99. The zero-order valence-electron chi connectivity index (χ0n) is 12.5. The first-order chi connectivity index (χ1) is 9.19. The van der Waals surface area contributed by atoms with Gasteiger partial charge in [-0.1, -0.05) is 24.6 Å². The van der Waals surface area contributed by atoms with Gasteiger partial charge in [0.15, 0.2) is 0 Å². The molecule has 106 valence electrons. The molecule has 1 aromatic carbocycles. The Balaban J connectivity index is 1.75. The molecule has 2 heteroatoms. The number of aryl methyl sites for hydroxylation is 2. The average molecular weight is 261 g/mol. The van der Waals surface area contributed by atoms with E-state index < -0.39 is 0 Å². The lowest BCUT2D eigenvalue weighted by molar-refractivity contribution is 0.404. The molecule has 2 rings (SSSR count). The topological polar surface area (TPSA) is 21.3 Å². The van der Waals surface area contributed by atoms with Crippen LogP contribution in [0.2, 0.25) is 0 Å². The first-order valence-corrected chi connectivity index (χ1v) is 7.56. The van der Waals surface area contributed by atoms with E-state index in [1.54, 1.807) is 7.11 Å². The second-order valence-corrected chi connectivity index (χ2v) is 5.98. The van der Waals surface area contributed by atoms with Gasteiger partial charge in [-0.2, -0.15) is 0 Å². The lowest BCUT2D eigenvalue weighted by Gasteiger charge is -2.14. The predicted octanol–water partition coefficient (Wildman–Crippen LogP) is 3.71. The number of ether oxygens (including phenoxy) is 1. The van der Waals surface area contributed by atoms with E-state index in [1.165, 1.54) is 43.4 Å². The van der Waals surface area contributed by atoms with Crippen molar-refractivity contribution in [2.24, 2.45) is 5.92 Å². The fraction of sp³-hybridized carbons (Fsp3) is 0.647. The van der Waals surface area contributed by atoms with E-state index in [0.717, 1.165) is 24.1 Å². The lowest BCUT2D eigenvalue weighted by atomic mass is 9.97. The molecule has 2 nitrogen and oxygen atoms in total. The second-order valence-electron chi connectivity index (χ2n) is 5.98. The Morgan fingerprint density at radius 1 is 1.32 bits per heavy atom. The van der Waals surface area contributed by atoms with Crippen molar-refractivity contribution in [1.29, 1.82) is 0 Å². The summed E-state index contributed by atoms with van der Waals surface area (Å²) in [6.45, 7) is 5.68. The van der Waals surface area contributed by atoms with E-state index in [-0.39, 0.29) is 0 Å². The van der Waals surface area contributed by atoms with E-state index >= 15 is 0 Å². The molecule has 1 aliphatic rings. The molecule has 0 spiro atoms. The van der Waals surface area contributed by atoms with Crippen molar-refractivity contribution in [1.82, 2.24) is 5.32 Å². The van der Waals surface area contributed by atoms with Gasteiger partial charge in [-0.15, -0.1) is 0 Å². The van der Waals surface area contributed by atoms with Crippen LogP contribution in [0.3, 0.4) is 0 Å². The van der Waals surface area contributed by atoms with E-state index in [1.807, 2.05) is 0 Å². The third kappa shape index (κ3) is 4.87. The van der Waals surface area contributed by atoms with Crippen molar-refractivity contribution >= 4 is 0 Å². The van der Waals surface area contributed by atoms with Crippen LogP contribution in [-0.2, 0) is 6.42 Å². The zero-order chi connectivity index (χ0) is 13.7. The fourth-order valence-electron chi connectivity index (χ4n) is 2.47. The molecule has 1 atom stereocenters. The quantitative estimate of drug-likeness (QED) is 0.770. The molecule has 0 amide bonds. The van der Waals surface area contributed by atoms with Crippen molar-refractivity contribution < 1.29 is 4.74 Å². The first kappa shape index (κ1) is 14.4. The van der Waals surface area contributed by atoms with Crippen molar-refractivity contribution in [3.05, 3.63) is 29.3 Å². The summed E-state index contributed by atoms with van der Waals surface area (Å²) in [5, 5.41) is 3.59. The maximum Gasteiger partial charge on any atom is 0.122 e. The highest BCUT2D eigenvalue weighted by Crippen LogP contribution is 2.23. The van der Waals surface area contributed by atoms with Gasteiger partial charge < -0.3 is 10.1 Å². The largest absolute Gasteiger partial charge is 0.496 e. The minimum atomic E-state index is 0.775. The van der Waals surface area contributed by atoms with Gasteiger partial charge in [0.25, 0.3) is 0 Å². The SMILES string of the molecule is COc1ccc(C)cc1CCC(C)CCNC1CC1. The minimum absolute atomic E-state index is 0.775.